The predicted octanol–water partition coefficient (Wildman–Crippen LogP) is -0.117. The summed E-state index contributed by atoms with van der Waals surface area (Å²) in [4.78, 5) is 28.9. The Labute approximate surface area is 88.1 Å². The Hall–Kier alpha value is -0.880. The summed E-state index contributed by atoms with van der Waals surface area (Å²) in [5.74, 6) is -0.815. The van der Waals surface area contributed by atoms with Gasteiger partial charge in [0.05, 0.1) is 0 Å². The Morgan fingerprint density at radius 2 is 1.79 bits per heavy atom. The number of carbonyl (C=O) groups is 3. The van der Waals surface area contributed by atoms with Crippen LogP contribution < -0.4 is 5.73 Å². The van der Waals surface area contributed by atoms with E-state index in [0.717, 1.165) is 12.6 Å². The second-order valence-corrected chi connectivity index (χ2v) is 2.76. The van der Waals surface area contributed by atoms with Gasteiger partial charge in [-0.15, -0.1) is 0 Å². The van der Waals surface area contributed by atoms with Crippen molar-refractivity contribution in [2.75, 3.05) is 5.75 Å². The Bertz CT molecular complexity index is 167. The Kier molecular flexibility index (Phi) is 13.5. The van der Waals surface area contributed by atoms with Crippen molar-refractivity contribution in [3.63, 3.8) is 0 Å². The van der Waals surface area contributed by atoms with E-state index in [1.807, 2.05) is 0 Å². The number of carboxylic acids is 1. The van der Waals surface area contributed by atoms with Gasteiger partial charge in [-0.2, -0.15) is 12.6 Å². The molecule has 6 heteroatoms. The minimum atomic E-state index is -1.00. The molecular formula is C8H15NO4S. The van der Waals surface area contributed by atoms with E-state index in [2.05, 4.69) is 12.6 Å². The van der Waals surface area contributed by atoms with Crippen molar-refractivity contribution in [3.8, 4) is 0 Å². The third kappa shape index (κ3) is 13.7. The Balaban J connectivity index is 0. The molecule has 0 unspecified atom stereocenters. The first-order chi connectivity index (χ1) is 6.59. The minimum Gasteiger partial charge on any atom is -0.480 e. The number of carbonyl (C=O) groups excluding carboxylic acids is 2. The quantitative estimate of drug-likeness (QED) is 0.330. The van der Waals surface area contributed by atoms with Crippen LogP contribution in [0.1, 0.15) is 19.3 Å². The highest BCUT2D eigenvalue weighted by molar-refractivity contribution is 7.80. The van der Waals surface area contributed by atoms with Gasteiger partial charge in [-0.3, -0.25) is 4.79 Å². The van der Waals surface area contributed by atoms with Gasteiger partial charge in [0.1, 0.15) is 18.6 Å². The number of nitrogens with two attached hydrogens (primary N) is 1. The van der Waals surface area contributed by atoms with Crippen LogP contribution in [0.25, 0.3) is 0 Å². The van der Waals surface area contributed by atoms with E-state index in [-0.39, 0.29) is 5.75 Å². The molecule has 0 fully saturated rings. The molecule has 5 nitrogen and oxygen atoms in total. The van der Waals surface area contributed by atoms with Gasteiger partial charge in [-0.05, 0) is 6.42 Å². The molecule has 0 amide bonds. The van der Waals surface area contributed by atoms with Crippen LogP contribution in [-0.4, -0.2) is 35.4 Å². The summed E-state index contributed by atoms with van der Waals surface area (Å²) in [5, 5.41) is 8.01. The van der Waals surface area contributed by atoms with Crippen molar-refractivity contribution in [2.24, 2.45) is 5.73 Å². The average Bonchev–Trinajstić information content (AvgIpc) is 2.18. The van der Waals surface area contributed by atoms with Gasteiger partial charge in [-0.25, -0.2) is 0 Å². The molecule has 0 heterocycles. The molecule has 0 saturated heterocycles. The maximum Gasteiger partial charge on any atom is 0.321 e. The molecule has 0 rings (SSSR count). The zero-order chi connectivity index (χ0) is 11.4. The summed E-state index contributed by atoms with van der Waals surface area (Å²) in [5.41, 5.74) is 4.94. The molecule has 0 radical (unpaired) electrons. The van der Waals surface area contributed by atoms with E-state index >= 15 is 0 Å². The summed E-state index contributed by atoms with van der Waals surface area (Å²) >= 11 is 3.65. The highest BCUT2D eigenvalue weighted by atomic mass is 32.1. The molecule has 0 aromatic heterocycles. The zero-order valence-corrected chi connectivity index (χ0v) is 8.65. The van der Waals surface area contributed by atoms with E-state index in [4.69, 9.17) is 10.8 Å². The molecule has 3 N–H and O–H groups in total. The number of thiol groups is 1. The second kappa shape index (κ2) is 12.1. The summed E-state index contributed by atoms with van der Waals surface area (Å²) in [6.07, 6.45) is 3.37. The van der Waals surface area contributed by atoms with Gasteiger partial charge in [0.25, 0.3) is 0 Å². The lowest BCUT2D eigenvalue weighted by atomic mass is 10.3. The van der Waals surface area contributed by atoms with Crippen LogP contribution in [0.15, 0.2) is 0 Å². The van der Waals surface area contributed by atoms with E-state index in [1.165, 1.54) is 0 Å². The second-order valence-electron chi connectivity index (χ2n) is 2.39. The maximum absolute atomic E-state index is 9.76. The van der Waals surface area contributed by atoms with Crippen molar-refractivity contribution in [1.29, 1.82) is 0 Å². The largest absolute Gasteiger partial charge is 0.480 e. The van der Waals surface area contributed by atoms with Gasteiger partial charge in [-0.1, -0.05) is 0 Å². The average molecular weight is 221 g/mol. The van der Waals surface area contributed by atoms with Gasteiger partial charge in [0.15, 0.2) is 0 Å². The molecule has 0 aliphatic carbocycles. The van der Waals surface area contributed by atoms with Crippen LogP contribution in [0.3, 0.4) is 0 Å². The predicted molar refractivity (Wildman–Crippen MR) is 55.4 cm³/mol. The molecule has 0 spiro atoms. The molecule has 14 heavy (non-hydrogen) atoms. The van der Waals surface area contributed by atoms with Crippen molar-refractivity contribution in [2.45, 2.75) is 25.3 Å². The number of carboxylic acid groups (broad SMARTS) is 1. The Morgan fingerprint density at radius 3 is 1.93 bits per heavy atom. The number of aliphatic carboxylic acids is 1. The molecule has 0 saturated carbocycles. The summed E-state index contributed by atoms with van der Waals surface area (Å²) in [6.45, 7) is 0. The molecule has 0 aliphatic rings. The standard InChI is InChI=1S/C5H8O2.C3H7NO2S/c6-4-2-1-3-5-7;4-2(1-7)3(5)6/h4-5H,1-3H2;2,7H,1,4H2,(H,5,6)/t;2-/m.0/s1. The molecule has 0 bridgehead atoms. The molecule has 0 aliphatic heterocycles. The fourth-order valence-electron chi connectivity index (χ4n) is 0.363. The van der Waals surface area contributed by atoms with E-state index in [1.54, 1.807) is 0 Å². The number of rotatable bonds is 6. The van der Waals surface area contributed by atoms with Gasteiger partial charge in [0, 0.05) is 18.6 Å². The molecule has 82 valence electrons. The van der Waals surface area contributed by atoms with Crippen LogP contribution in [0.2, 0.25) is 0 Å². The van der Waals surface area contributed by atoms with Gasteiger partial charge < -0.3 is 20.4 Å². The van der Waals surface area contributed by atoms with Gasteiger partial charge in [0.2, 0.25) is 0 Å². The highest BCUT2D eigenvalue weighted by Crippen LogP contribution is 1.85. The number of unbranched alkanes of at least 4 members (excludes halogenated alkanes) is 2. The fourth-order valence-corrected chi connectivity index (χ4v) is 0.519. The monoisotopic (exact) mass is 221 g/mol. The lowest BCUT2D eigenvalue weighted by Crippen LogP contribution is -2.31. The van der Waals surface area contributed by atoms with Crippen molar-refractivity contribution in [1.82, 2.24) is 0 Å². The first-order valence-corrected chi connectivity index (χ1v) is 4.69. The molecule has 0 aromatic carbocycles. The summed E-state index contributed by atoms with van der Waals surface area (Å²) < 4.78 is 0. The number of hydrogen-bond acceptors (Lipinski definition) is 5. The molecule has 1 atom stereocenters. The van der Waals surface area contributed by atoms with Crippen LogP contribution >= 0.6 is 12.6 Å². The van der Waals surface area contributed by atoms with Gasteiger partial charge >= 0.3 is 5.97 Å². The first kappa shape index (κ1) is 15.6. The minimum absolute atomic E-state index is 0.190. The topological polar surface area (TPSA) is 97.5 Å². The van der Waals surface area contributed by atoms with E-state index in [0.29, 0.717) is 19.3 Å². The molecule has 0 aromatic rings. The van der Waals surface area contributed by atoms with Crippen molar-refractivity contribution in [3.05, 3.63) is 0 Å². The highest BCUT2D eigenvalue weighted by Gasteiger charge is 2.06. The first-order valence-electron chi connectivity index (χ1n) is 4.06. The third-order valence-electron chi connectivity index (χ3n) is 1.16. The summed E-state index contributed by atoms with van der Waals surface area (Å²) in [6, 6.07) is -0.816. The fraction of sp³-hybridized carbons (Fsp3) is 0.625. The van der Waals surface area contributed by atoms with Crippen LogP contribution in [0.5, 0.6) is 0 Å². The summed E-state index contributed by atoms with van der Waals surface area (Å²) in [7, 11) is 0. The number of hydrogen-bond donors (Lipinski definition) is 3. The van der Waals surface area contributed by atoms with Crippen LogP contribution in [0.4, 0.5) is 0 Å². The van der Waals surface area contributed by atoms with E-state index < -0.39 is 12.0 Å². The van der Waals surface area contributed by atoms with E-state index in [9.17, 15) is 14.4 Å². The normalized spacial score (nSPS) is 10.7. The van der Waals surface area contributed by atoms with Crippen molar-refractivity contribution < 1.29 is 19.5 Å². The number of aldehydes is 2. The lowest BCUT2D eigenvalue weighted by Gasteiger charge is -1.96. The SMILES string of the molecule is N[C@@H](CS)C(=O)O.O=CCCCC=O. The van der Waals surface area contributed by atoms with Crippen molar-refractivity contribution >= 4 is 31.2 Å². The van der Waals surface area contributed by atoms with Crippen LogP contribution in [-0.2, 0) is 14.4 Å². The van der Waals surface area contributed by atoms with Crippen LogP contribution in [0, 0.1) is 0 Å². The Morgan fingerprint density at radius 1 is 1.36 bits per heavy atom. The zero-order valence-electron chi connectivity index (χ0n) is 7.76. The smallest absolute Gasteiger partial charge is 0.321 e. The lowest BCUT2D eigenvalue weighted by molar-refractivity contribution is -0.137. The maximum atomic E-state index is 9.76. The third-order valence-corrected chi connectivity index (χ3v) is 1.55. The molecular weight excluding hydrogens is 206 g/mol.